The summed E-state index contributed by atoms with van der Waals surface area (Å²) < 4.78 is 32.8. The Bertz CT molecular complexity index is 386. The normalized spacial score (nSPS) is 36.7. The number of ether oxygens (including phenoxy) is 1. The van der Waals surface area contributed by atoms with Gasteiger partial charge in [-0.25, -0.2) is 5.26 Å². The van der Waals surface area contributed by atoms with E-state index in [4.69, 9.17) is 15.1 Å². The Kier molecular flexibility index (Phi) is 5.65. The highest BCUT2D eigenvalue weighted by molar-refractivity contribution is 7.84. The summed E-state index contributed by atoms with van der Waals surface area (Å²) in [7, 11) is -4.47. The minimum absolute atomic E-state index is 0.220. The fourth-order valence-electron chi connectivity index (χ4n) is 2.04. The SMILES string of the molecule is CC(C)C1OC(CO)C(O)C(O)C1NS(=O)(=O)OO. The summed E-state index contributed by atoms with van der Waals surface area (Å²) in [5.41, 5.74) is 0. The molecule has 1 fully saturated rings. The van der Waals surface area contributed by atoms with Crippen molar-refractivity contribution in [2.45, 2.75) is 44.3 Å². The number of aliphatic hydroxyl groups is 3. The van der Waals surface area contributed by atoms with E-state index in [1.165, 1.54) is 0 Å². The van der Waals surface area contributed by atoms with Crippen molar-refractivity contribution >= 4 is 10.3 Å². The van der Waals surface area contributed by atoms with Gasteiger partial charge in [-0.1, -0.05) is 18.2 Å². The Hall–Kier alpha value is -0.330. The largest absolute Gasteiger partial charge is 0.394 e. The molecule has 0 aliphatic carbocycles. The van der Waals surface area contributed by atoms with Gasteiger partial charge in [0.15, 0.2) is 0 Å². The van der Waals surface area contributed by atoms with Crippen LogP contribution in [-0.4, -0.2) is 66.1 Å². The number of rotatable bonds is 5. The zero-order chi connectivity index (χ0) is 14.8. The van der Waals surface area contributed by atoms with Crippen LogP contribution < -0.4 is 4.72 Å². The van der Waals surface area contributed by atoms with Gasteiger partial charge >= 0.3 is 10.3 Å². The van der Waals surface area contributed by atoms with Crippen LogP contribution in [0.4, 0.5) is 0 Å². The van der Waals surface area contributed by atoms with Gasteiger partial charge in [-0.05, 0) is 5.92 Å². The van der Waals surface area contributed by atoms with Gasteiger partial charge in [0, 0.05) is 0 Å². The van der Waals surface area contributed by atoms with Gasteiger partial charge in [0.05, 0.1) is 18.8 Å². The van der Waals surface area contributed by atoms with Gasteiger partial charge in [0.1, 0.15) is 18.3 Å². The predicted octanol–water partition coefficient (Wildman–Crippen LogP) is -2.18. The minimum atomic E-state index is -4.47. The Morgan fingerprint density at radius 3 is 2.32 bits per heavy atom. The molecule has 0 aromatic heterocycles. The average molecular weight is 301 g/mol. The van der Waals surface area contributed by atoms with Crippen molar-refractivity contribution in [2.75, 3.05) is 6.61 Å². The summed E-state index contributed by atoms with van der Waals surface area (Å²) in [5.74, 6) is -0.220. The number of hydrogen-bond acceptors (Lipinski definition) is 8. The van der Waals surface area contributed by atoms with Gasteiger partial charge in [-0.15, -0.1) is 0 Å². The van der Waals surface area contributed by atoms with Crippen molar-refractivity contribution in [3.05, 3.63) is 0 Å². The van der Waals surface area contributed by atoms with Crippen LogP contribution in [0.1, 0.15) is 13.8 Å². The molecular weight excluding hydrogens is 282 g/mol. The summed E-state index contributed by atoms with van der Waals surface area (Å²) in [6.45, 7) is 2.91. The zero-order valence-corrected chi connectivity index (χ0v) is 11.3. The molecule has 9 nitrogen and oxygen atoms in total. The van der Waals surface area contributed by atoms with E-state index >= 15 is 0 Å². The smallest absolute Gasteiger partial charge is 0.362 e. The van der Waals surface area contributed by atoms with Crippen molar-refractivity contribution in [1.82, 2.24) is 4.72 Å². The highest BCUT2D eigenvalue weighted by Gasteiger charge is 2.46. The summed E-state index contributed by atoms with van der Waals surface area (Å²) >= 11 is 0. The van der Waals surface area contributed by atoms with Crippen LogP contribution in [0.3, 0.4) is 0 Å². The van der Waals surface area contributed by atoms with E-state index in [-0.39, 0.29) is 5.92 Å². The molecular formula is C9H19NO8S. The molecule has 0 amide bonds. The van der Waals surface area contributed by atoms with Crippen LogP contribution >= 0.6 is 0 Å². The Labute approximate surface area is 111 Å². The van der Waals surface area contributed by atoms with E-state index in [1.807, 2.05) is 4.72 Å². The number of hydrogen-bond donors (Lipinski definition) is 5. The molecule has 0 bridgehead atoms. The lowest BCUT2D eigenvalue weighted by Gasteiger charge is -2.43. The van der Waals surface area contributed by atoms with E-state index in [0.717, 1.165) is 0 Å². The maximum Gasteiger partial charge on any atom is 0.362 e. The maximum atomic E-state index is 11.2. The third-order valence-corrected chi connectivity index (χ3v) is 3.76. The standard InChI is InChI=1S/C9H19NO8S/c1-4(2)9-6(10-19(15,16)18-14)8(13)7(12)5(3-11)17-9/h4-14H,3H2,1-2H3. The fraction of sp³-hybridized carbons (Fsp3) is 1.00. The van der Waals surface area contributed by atoms with Crippen LogP contribution in [-0.2, 0) is 19.4 Å². The van der Waals surface area contributed by atoms with Crippen molar-refractivity contribution in [3.8, 4) is 0 Å². The lowest BCUT2D eigenvalue weighted by Crippen LogP contribution is -2.65. The molecule has 0 saturated carbocycles. The Balaban J connectivity index is 2.97. The summed E-state index contributed by atoms with van der Waals surface area (Å²) in [4.78, 5) is 0. The van der Waals surface area contributed by atoms with Gasteiger partial charge in [-0.2, -0.15) is 13.1 Å². The minimum Gasteiger partial charge on any atom is -0.394 e. The molecule has 1 rings (SSSR count). The summed E-state index contributed by atoms with van der Waals surface area (Å²) in [6, 6.07) is -1.21. The Morgan fingerprint density at radius 1 is 1.32 bits per heavy atom. The van der Waals surface area contributed by atoms with Crippen molar-refractivity contribution in [1.29, 1.82) is 0 Å². The Morgan fingerprint density at radius 2 is 1.89 bits per heavy atom. The second-order valence-corrected chi connectivity index (χ2v) is 6.01. The zero-order valence-electron chi connectivity index (χ0n) is 10.5. The molecule has 114 valence electrons. The molecule has 1 aliphatic rings. The maximum absolute atomic E-state index is 11.2. The van der Waals surface area contributed by atoms with E-state index in [0.29, 0.717) is 0 Å². The molecule has 1 saturated heterocycles. The molecule has 0 radical (unpaired) electrons. The van der Waals surface area contributed by atoms with E-state index < -0.39 is 47.4 Å². The topological polar surface area (TPSA) is 146 Å². The lowest BCUT2D eigenvalue weighted by atomic mass is 9.88. The average Bonchev–Trinajstić information content (AvgIpc) is 2.35. The first-order chi connectivity index (χ1) is 8.73. The van der Waals surface area contributed by atoms with Crippen molar-refractivity contribution in [2.24, 2.45) is 5.92 Å². The first-order valence-electron chi connectivity index (χ1n) is 5.71. The summed E-state index contributed by atoms with van der Waals surface area (Å²) in [6.07, 6.45) is -4.80. The van der Waals surface area contributed by atoms with Crippen LogP contribution in [0.25, 0.3) is 0 Å². The quantitative estimate of drug-likeness (QED) is 0.284. The first kappa shape index (κ1) is 16.7. The molecule has 0 aromatic carbocycles. The highest BCUT2D eigenvalue weighted by atomic mass is 32.2. The van der Waals surface area contributed by atoms with Gasteiger partial charge in [0.25, 0.3) is 0 Å². The van der Waals surface area contributed by atoms with Crippen LogP contribution in [0.15, 0.2) is 0 Å². The monoisotopic (exact) mass is 301 g/mol. The molecule has 1 aliphatic heterocycles. The van der Waals surface area contributed by atoms with Gasteiger partial charge in [0.2, 0.25) is 0 Å². The lowest BCUT2D eigenvalue weighted by molar-refractivity contribution is -0.202. The van der Waals surface area contributed by atoms with Gasteiger partial charge in [-0.3, -0.25) is 0 Å². The second-order valence-electron chi connectivity index (χ2n) is 4.72. The fourth-order valence-corrected chi connectivity index (χ4v) is 2.69. The third-order valence-electron chi connectivity index (χ3n) is 3.00. The van der Waals surface area contributed by atoms with Crippen LogP contribution in [0, 0.1) is 5.92 Å². The summed E-state index contributed by atoms with van der Waals surface area (Å²) in [5, 5.41) is 36.9. The molecule has 1 heterocycles. The second kappa shape index (κ2) is 6.41. The van der Waals surface area contributed by atoms with Crippen LogP contribution in [0.2, 0.25) is 0 Å². The third kappa shape index (κ3) is 3.83. The molecule has 10 heteroatoms. The molecule has 0 spiro atoms. The predicted molar refractivity (Wildman–Crippen MR) is 62.2 cm³/mol. The van der Waals surface area contributed by atoms with Crippen molar-refractivity contribution < 1.29 is 38.1 Å². The van der Waals surface area contributed by atoms with Crippen molar-refractivity contribution in [3.63, 3.8) is 0 Å². The first-order valence-corrected chi connectivity index (χ1v) is 7.12. The van der Waals surface area contributed by atoms with Crippen LogP contribution in [0.5, 0.6) is 0 Å². The van der Waals surface area contributed by atoms with Gasteiger partial charge < -0.3 is 20.1 Å². The van der Waals surface area contributed by atoms with E-state index in [1.54, 1.807) is 13.8 Å². The highest BCUT2D eigenvalue weighted by Crippen LogP contribution is 2.26. The van der Waals surface area contributed by atoms with E-state index in [2.05, 4.69) is 4.33 Å². The van der Waals surface area contributed by atoms with E-state index in [9.17, 15) is 18.6 Å². The molecule has 5 atom stereocenters. The molecule has 5 N–H and O–H groups in total. The molecule has 0 aromatic rings. The molecule has 19 heavy (non-hydrogen) atoms. The number of aliphatic hydroxyl groups excluding tert-OH is 3. The number of nitrogens with one attached hydrogen (secondary N) is 1. The molecule has 5 unspecified atom stereocenters.